The fourth-order valence-electron chi connectivity index (χ4n) is 2.32. The molecule has 0 unspecified atom stereocenters. The molecule has 0 aliphatic heterocycles. The molecule has 1 aromatic heterocycles. The molecule has 7 heteroatoms. The van der Waals surface area contributed by atoms with Crippen LogP contribution in [-0.4, -0.2) is 33.3 Å². The van der Waals surface area contributed by atoms with E-state index in [0.717, 1.165) is 28.8 Å². The number of nitrogens with zero attached hydrogens (tertiary/aromatic N) is 1. The maximum atomic E-state index is 11.8. The van der Waals surface area contributed by atoms with E-state index >= 15 is 0 Å². The number of carboxylic acids is 1. The number of carbonyl (C=O) groups is 2. The molecular weight excluding hydrogens is 368 g/mol. The largest absolute Gasteiger partial charge is 0.480 e. The monoisotopic (exact) mass is 400 g/mol. The van der Waals surface area contributed by atoms with E-state index in [1.54, 1.807) is 13.8 Å². The highest BCUT2D eigenvalue weighted by atomic mass is 32.2. The van der Waals surface area contributed by atoms with E-state index in [0.29, 0.717) is 19.4 Å². The minimum Gasteiger partial charge on any atom is -0.480 e. The van der Waals surface area contributed by atoms with Crippen LogP contribution in [0.3, 0.4) is 0 Å². The van der Waals surface area contributed by atoms with Crippen molar-refractivity contribution in [2.24, 2.45) is 5.92 Å². The normalized spacial score (nSPS) is 11.7. The van der Waals surface area contributed by atoms with Crippen LogP contribution in [0, 0.1) is 5.92 Å². The molecule has 0 spiro atoms. The number of nitrogens with one attached hydrogen (secondary N) is 1. The number of hydrogen-bond donors (Lipinski definition) is 2. The first-order chi connectivity index (χ1) is 12.2. The van der Waals surface area contributed by atoms with Crippen molar-refractivity contribution in [1.82, 2.24) is 10.3 Å². The van der Waals surface area contributed by atoms with Gasteiger partial charge in [-0.3, -0.25) is 9.59 Å². The van der Waals surface area contributed by atoms with Gasteiger partial charge in [-0.1, -0.05) is 51.3 Å². The predicted octanol–water partition coefficient (Wildman–Crippen LogP) is 4.75. The van der Waals surface area contributed by atoms with Crippen molar-refractivity contribution in [1.29, 1.82) is 0 Å². The highest BCUT2D eigenvalue weighted by Gasteiger charge is 2.29. The first kappa shape index (κ1) is 23.0. The summed E-state index contributed by atoms with van der Waals surface area (Å²) in [4.78, 5) is 27.5. The van der Waals surface area contributed by atoms with E-state index in [4.69, 9.17) is 5.11 Å². The molecule has 0 saturated heterocycles. The number of aliphatic carboxylic acids is 1. The van der Waals surface area contributed by atoms with Gasteiger partial charge in [0.05, 0.1) is 5.69 Å². The Kier molecular flexibility index (Phi) is 10.2. The van der Waals surface area contributed by atoms with Gasteiger partial charge in [-0.05, 0) is 26.2 Å². The van der Waals surface area contributed by atoms with Gasteiger partial charge in [0.2, 0.25) is 5.91 Å². The Balaban J connectivity index is 2.17. The predicted molar refractivity (Wildman–Crippen MR) is 109 cm³/mol. The van der Waals surface area contributed by atoms with Gasteiger partial charge in [0.1, 0.15) is 4.75 Å². The molecule has 2 N–H and O–H groups in total. The molecule has 0 aliphatic carbocycles. The second-order valence-electron chi connectivity index (χ2n) is 7.47. The number of carboxylic acid groups (broad SMARTS) is 1. The van der Waals surface area contributed by atoms with E-state index < -0.39 is 10.7 Å². The molecule has 0 fully saturated rings. The Bertz CT molecular complexity index is 571. The molecular formula is C19H32N2O3S2. The fraction of sp³-hybridized carbons (Fsp3) is 0.737. The van der Waals surface area contributed by atoms with Gasteiger partial charge >= 0.3 is 5.97 Å². The summed E-state index contributed by atoms with van der Waals surface area (Å²) in [6.07, 6.45) is 7.05. The minimum absolute atomic E-state index is 0.102. The van der Waals surface area contributed by atoms with Gasteiger partial charge in [-0.25, -0.2) is 4.98 Å². The molecule has 0 aliphatic rings. The van der Waals surface area contributed by atoms with Crippen LogP contribution >= 0.6 is 23.1 Å². The van der Waals surface area contributed by atoms with Crippen LogP contribution < -0.4 is 5.32 Å². The topological polar surface area (TPSA) is 79.3 Å². The Hall–Kier alpha value is -1.08. The third kappa shape index (κ3) is 9.57. The maximum Gasteiger partial charge on any atom is 0.319 e. The van der Waals surface area contributed by atoms with E-state index in [2.05, 4.69) is 24.1 Å². The van der Waals surface area contributed by atoms with Crippen molar-refractivity contribution < 1.29 is 14.7 Å². The summed E-state index contributed by atoms with van der Waals surface area (Å²) >= 11 is 2.71. The summed E-state index contributed by atoms with van der Waals surface area (Å²) < 4.78 is -0.140. The third-order valence-electron chi connectivity index (χ3n) is 4.03. The SMILES string of the molecule is CC(C)CCCCCCC(=O)NCCc1csc(SC(C)(C)C(=O)O)n1. The number of carbonyl (C=O) groups excluding carboxylic acids is 1. The van der Waals surface area contributed by atoms with Gasteiger partial charge in [-0.15, -0.1) is 11.3 Å². The van der Waals surface area contributed by atoms with Gasteiger partial charge in [0, 0.05) is 24.8 Å². The Morgan fingerprint density at radius 3 is 2.62 bits per heavy atom. The maximum absolute atomic E-state index is 11.8. The lowest BCUT2D eigenvalue weighted by atomic mass is 10.0. The number of rotatable bonds is 13. The summed E-state index contributed by atoms with van der Waals surface area (Å²) in [5.74, 6) is 0.0135. The van der Waals surface area contributed by atoms with E-state index in [-0.39, 0.29) is 5.91 Å². The zero-order valence-electron chi connectivity index (χ0n) is 16.3. The van der Waals surface area contributed by atoms with Crippen LogP contribution in [0.4, 0.5) is 0 Å². The Labute approximate surface area is 165 Å². The Morgan fingerprint density at radius 1 is 1.27 bits per heavy atom. The molecule has 5 nitrogen and oxygen atoms in total. The summed E-state index contributed by atoms with van der Waals surface area (Å²) in [7, 11) is 0. The molecule has 0 saturated carbocycles. The number of thiazole rings is 1. The first-order valence-corrected chi connectivity index (χ1v) is 11.0. The van der Waals surface area contributed by atoms with Crippen molar-refractivity contribution in [3.05, 3.63) is 11.1 Å². The van der Waals surface area contributed by atoms with Crippen molar-refractivity contribution in [3.8, 4) is 0 Å². The molecule has 0 atom stereocenters. The summed E-state index contributed by atoms with van der Waals surface area (Å²) in [6, 6.07) is 0. The smallest absolute Gasteiger partial charge is 0.319 e. The number of unbranched alkanes of at least 4 members (excludes halogenated alkanes) is 3. The van der Waals surface area contributed by atoms with Crippen molar-refractivity contribution in [3.63, 3.8) is 0 Å². The molecule has 1 amide bonds. The van der Waals surface area contributed by atoms with Crippen LogP contribution in [0.25, 0.3) is 0 Å². The molecule has 0 radical (unpaired) electrons. The lowest BCUT2D eigenvalue weighted by molar-refractivity contribution is -0.138. The zero-order chi connectivity index (χ0) is 19.6. The van der Waals surface area contributed by atoms with Crippen molar-refractivity contribution in [2.75, 3.05) is 6.54 Å². The number of hydrogen-bond acceptors (Lipinski definition) is 5. The second kappa shape index (κ2) is 11.6. The van der Waals surface area contributed by atoms with Gasteiger partial charge in [0.15, 0.2) is 4.34 Å². The molecule has 0 bridgehead atoms. The average molecular weight is 401 g/mol. The van der Waals surface area contributed by atoms with Crippen molar-refractivity contribution >= 4 is 35.0 Å². The van der Waals surface area contributed by atoms with Crippen LogP contribution in [0.2, 0.25) is 0 Å². The molecule has 1 rings (SSSR count). The number of aromatic nitrogens is 1. The second-order valence-corrected chi connectivity index (χ2v) is 10.2. The summed E-state index contributed by atoms with van der Waals surface area (Å²) in [5.41, 5.74) is 0.896. The van der Waals surface area contributed by atoms with E-state index in [9.17, 15) is 9.59 Å². The van der Waals surface area contributed by atoms with Gasteiger partial charge in [0.25, 0.3) is 0 Å². The third-order valence-corrected chi connectivity index (χ3v) is 6.20. The summed E-state index contributed by atoms with van der Waals surface area (Å²) in [6.45, 7) is 8.39. The van der Waals surface area contributed by atoms with Gasteiger partial charge in [-0.2, -0.15) is 0 Å². The zero-order valence-corrected chi connectivity index (χ0v) is 18.0. The van der Waals surface area contributed by atoms with Crippen LogP contribution in [-0.2, 0) is 16.0 Å². The van der Waals surface area contributed by atoms with Crippen molar-refractivity contribution in [2.45, 2.75) is 81.7 Å². The average Bonchev–Trinajstić information content (AvgIpc) is 2.97. The molecule has 148 valence electrons. The lowest BCUT2D eigenvalue weighted by Gasteiger charge is -2.15. The van der Waals surface area contributed by atoms with E-state index in [1.807, 2.05) is 5.38 Å². The Morgan fingerprint density at radius 2 is 1.96 bits per heavy atom. The quantitative estimate of drug-likeness (QED) is 0.369. The highest BCUT2D eigenvalue weighted by molar-refractivity contribution is 8.02. The number of amides is 1. The molecule has 1 heterocycles. The van der Waals surface area contributed by atoms with E-state index in [1.165, 1.54) is 42.4 Å². The number of thioether (sulfide) groups is 1. The van der Waals surface area contributed by atoms with Crippen LogP contribution in [0.5, 0.6) is 0 Å². The van der Waals surface area contributed by atoms with Crippen LogP contribution in [0.1, 0.15) is 71.9 Å². The van der Waals surface area contributed by atoms with Crippen LogP contribution in [0.15, 0.2) is 9.72 Å². The van der Waals surface area contributed by atoms with Gasteiger partial charge < -0.3 is 10.4 Å². The fourth-order valence-corrected chi connectivity index (χ4v) is 4.55. The summed E-state index contributed by atoms with van der Waals surface area (Å²) in [5, 5.41) is 14.0. The molecule has 26 heavy (non-hydrogen) atoms. The standard InChI is InChI=1S/C19H32N2O3S2/c1-14(2)9-7-5-6-8-10-16(22)20-12-11-15-13-25-18(21-15)26-19(3,4)17(23)24/h13-14H,5-12H2,1-4H3,(H,20,22)(H,23,24). The highest BCUT2D eigenvalue weighted by Crippen LogP contribution is 2.34. The molecule has 1 aromatic rings. The molecule has 0 aromatic carbocycles. The first-order valence-electron chi connectivity index (χ1n) is 9.34. The lowest BCUT2D eigenvalue weighted by Crippen LogP contribution is -2.26. The minimum atomic E-state index is -0.890.